The monoisotopic (exact) mass is 550 g/mol. The lowest BCUT2D eigenvalue weighted by Crippen LogP contribution is -2.53. The molecule has 5 rings (SSSR count). The predicted octanol–water partition coefficient (Wildman–Crippen LogP) is 4.45. The number of rotatable bonds is 7. The molecule has 1 amide bonds. The van der Waals surface area contributed by atoms with Crippen LogP contribution in [-0.2, 0) is 25.6 Å². The van der Waals surface area contributed by atoms with E-state index in [1.165, 1.54) is 24.8 Å². The fourth-order valence-corrected chi connectivity index (χ4v) is 8.11. The largest absolute Gasteiger partial charge is 0.508 e. The first-order valence-electron chi connectivity index (χ1n) is 14.4. The molecule has 0 spiro atoms. The molecule has 8 nitrogen and oxygen atoms in total. The molecule has 0 bridgehead atoms. The molecule has 216 valence electrons. The van der Waals surface area contributed by atoms with E-state index in [0.29, 0.717) is 23.5 Å². The Labute approximate surface area is 236 Å². The number of allylic oxidation sites excluding steroid dienone is 4. The summed E-state index contributed by atoms with van der Waals surface area (Å²) in [6.07, 6.45) is 12.9. The highest BCUT2D eigenvalue weighted by atomic mass is 16.6. The average Bonchev–Trinajstić information content (AvgIpc) is 3.17. The van der Waals surface area contributed by atoms with Gasteiger partial charge in [0, 0.05) is 11.8 Å². The second-order valence-electron chi connectivity index (χ2n) is 12.8. The smallest absolute Gasteiger partial charge is 0.328 e. The molecule has 0 aliphatic heterocycles. The molecule has 4 unspecified atom stereocenters. The number of fused-ring (bicyclic) bond motifs is 5. The maximum atomic E-state index is 12.6. The van der Waals surface area contributed by atoms with Crippen LogP contribution in [0.5, 0.6) is 5.75 Å². The van der Waals surface area contributed by atoms with Gasteiger partial charge in [-0.2, -0.15) is 0 Å². The minimum absolute atomic E-state index is 0.00207. The van der Waals surface area contributed by atoms with Gasteiger partial charge in [-0.3, -0.25) is 4.79 Å². The SMILES string of the molecule is COC(=O)C(Cc1ccc(O)cc1)NC(=O)CON=C1C=C[C@@]2(C)C(=C1)CCC1C2CC[C@@]2(C)C1CC[C@]2(C)O. The number of carbonyl (C=O) groups is 2. The lowest BCUT2D eigenvalue weighted by molar-refractivity contribution is -0.145. The second kappa shape index (κ2) is 10.7. The third-order valence-corrected chi connectivity index (χ3v) is 10.7. The summed E-state index contributed by atoms with van der Waals surface area (Å²) in [4.78, 5) is 30.2. The number of benzene rings is 1. The highest BCUT2D eigenvalue weighted by Crippen LogP contribution is 2.66. The van der Waals surface area contributed by atoms with Crippen LogP contribution in [-0.4, -0.2) is 53.2 Å². The minimum Gasteiger partial charge on any atom is -0.508 e. The summed E-state index contributed by atoms with van der Waals surface area (Å²) in [6, 6.07) is 5.55. The lowest BCUT2D eigenvalue weighted by Gasteiger charge is -2.58. The summed E-state index contributed by atoms with van der Waals surface area (Å²) in [5, 5.41) is 27.5. The molecule has 40 heavy (non-hydrogen) atoms. The molecule has 0 heterocycles. The molecule has 4 aliphatic rings. The van der Waals surface area contributed by atoms with E-state index in [1.807, 2.05) is 13.0 Å². The number of methoxy groups -OCH3 is 1. The summed E-state index contributed by atoms with van der Waals surface area (Å²) >= 11 is 0. The number of esters is 1. The molecule has 3 fully saturated rings. The van der Waals surface area contributed by atoms with Gasteiger partial charge in [0.25, 0.3) is 5.91 Å². The van der Waals surface area contributed by atoms with E-state index in [1.54, 1.807) is 12.1 Å². The van der Waals surface area contributed by atoms with Crippen LogP contribution in [0.4, 0.5) is 0 Å². The molecular weight excluding hydrogens is 508 g/mol. The third kappa shape index (κ3) is 5.06. The van der Waals surface area contributed by atoms with Gasteiger partial charge in [-0.15, -0.1) is 0 Å². The van der Waals surface area contributed by atoms with Gasteiger partial charge in [0.2, 0.25) is 0 Å². The number of hydrogen-bond donors (Lipinski definition) is 3. The fraction of sp³-hybridized carbons (Fsp3) is 0.594. The van der Waals surface area contributed by atoms with Gasteiger partial charge in [-0.1, -0.05) is 42.8 Å². The van der Waals surface area contributed by atoms with Gasteiger partial charge in [-0.25, -0.2) is 4.79 Å². The quantitative estimate of drug-likeness (QED) is 0.341. The number of aliphatic hydroxyl groups is 1. The van der Waals surface area contributed by atoms with E-state index in [0.717, 1.165) is 44.1 Å². The molecule has 1 aromatic rings. The molecule has 3 N–H and O–H groups in total. The molecule has 3 saturated carbocycles. The van der Waals surface area contributed by atoms with Gasteiger partial charge >= 0.3 is 5.97 Å². The Bertz CT molecular complexity index is 1230. The van der Waals surface area contributed by atoms with Crippen LogP contribution in [0, 0.1) is 28.6 Å². The van der Waals surface area contributed by atoms with Crippen molar-refractivity contribution in [2.75, 3.05) is 13.7 Å². The normalized spacial score (nSPS) is 36.1. The Morgan fingerprint density at radius 1 is 1.10 bits per heavy atom. The van der Waals surface area contributed by atoms with Gasteiger partial charge < -0.3 is 25.1 Å². The van der Waals surface area contributed by atoms with E-state index in [4.69, 9.17) is 9.57 Å². The van der Waals surface area contributed by atoms with E-state index in [2.05, 4.69) is 36.5 Å². The standard InChI is InChI=1S/C32H42N2O6/c1-30-14-11-22(18-21(30)7-10-24-25(30)12-15-31(2)26(24)13-16-32(31,3)38)34-40-19-28(36)33-27(29(37)39-4)17-20-5-8-23(35)9-6-20/h5-6,8-9,11,14,18,24-27,35,38H,7,10,12-13,15-17,19H2,1-4H3,(H,33,36)/t24?,25?,26?,27?,30-,31-,32-/m0/s1. The Hall–Kier alpha value is -3.13. The molecule has 8 heteroatoms. The van der Waals surface area contributed by atoms with Gasteiger partial charge in [0.05, 0.1) is 12.7 Å². The van der Waals surface area contributed by atoms with Crippen LogP contribution in [0.2, 0.25) is 0 Å². The number of aromatic hydroxyl groups is 1. The van der Waals surface area contributed by atoms with Crippen molar-refractivity contribution < 1.29 is 29.4 Å². The number of phenols is 1. The van der Waals surface area contributed by atoms with Crippen molar-refractivity contribution in [3.8, 4) is 5.75 Å². The number of ether oxygens (including phenoxy) is 1. The van der Waals surface area contributed by atoms with Crippen molar-refractivity contribution in [2.45, 2.75) is 77.4 Å². The first-order chi connectivity index (χ1) is 19.0. The van der Waals surface area contributed by atoms with Crippen molar-refractivity contribution in [3.05, 3.63) is 53.6 Å². The van der Waals surface area contributed by atoms with Crippen molar-refractivity contribution in [3.63, 3.8) is 0 Å². The first kappa shape index (κ1) is 28.4. The van der Waals surface area contributed by atoms with Crippen molar-refractivity contribution in [1.29, 1.82) is 0 Å². The van der Waals surface area contributed by atoms with Gasteiger partial charge in [-0.05, 0) is 98.5 Å². The first-order valence-corrected chi connectivity index (χ1v) is 14.4. The summed E-state index contributed by atoms with van der Waals surface area (Å²) in [7, 11) is 1.27. The molecule has 0 aromatic heterocycles. The average molecular weight is 551 g/mol. The Kier molecular flexibility index (Phi) is 7.59. The maximum Gasteiger partial charge on any atom is 0.328 e. The van der Waals surface area contributed by atoms with Gasteiger partial charge in [0.15, 0.2) is 6.61 Å². The molecular formula is C32H42N2O6. The van der Waals surface area contributed by atoms with E-state index in [-0.39, 0.29) is 29.6 Å². The van der Waals surface area contributed by atoms with Crippen molar-refractivity contribution in [1.82, 2.24) is 5.32 Å². The Morgan fingerprint density at radius 3 is 2.55 bits per heavy atom. The van der Waals surface area contributed by atoms with Gasteiger partial charge in [0.1, 0.15) is 17.5 Å². The van der Waals surface area contributed by atoms with Crippen LogP contribution in [0.25, 0.3) is 0 Å². The van der Waals surface area contributed by atoms with E-state index in [9.17, 15) is 19.8 Å². The molecule has 7 atom stereocenters. The summed E-state index contributed by atoms with van der Waals surface area (Å²) in [6.45, 7) is 6.36. The lowest BCUT2D eigenvalue weighted by atomic mass is 9.47. The molecule has 1 aromatic carbocycles. The van der Waals surface area contributed by atoms with E-state index >= 15 is 0 Å². The number of nitrogens with one attached hydrogen (secondary N) is 1. The Morgan fingerprint density at radius 2 is 1.82 bits per heavy atom. The zero-order valence-corrected chi connectivity index (χ0v) is 24.0. The molecule has 0 radical (unpaired) electrons. The highest BCUT2D eigenvalue weighted by Gasteiger charge is 2.62. The van der Waals surface area contributed by atoms with Crippen molar-refractivity contribution >= 4 is 17.6 Å². The highest BCUT2D eigenvalue weighted by molar-refractivity contribution is 6.05. The summed E-state index contributed by atoms with van der Waals surface area (Å²) < 4.78 is 4.84. The fourth-order valence-electron chi connectivity index (χ4n) is 8.11. The molecule has 4 aliphatic carbocycles. The maximum absolute atomic E-state index is 12.6. The zero-order valence-electron chi connectivity index (χ0n) is 24.0. The van der Waals surface area contributed by atoms with Crippen LogP contribution in [0.3, 0.4) is 0 Å². The zero-order chi connectivity index (χ0) is 28.7. The van der Waals surface area contributed by atoms with Crippen LogP contribution < -0.4 is 5.32 Å². The van der Waals surface area contributed by atoms with Crippen molar-refractivity contribution in [2.24, 2.45) is 33.7 Å². The number of hydrogen-bond acceptors (Lipinski definition) is 7. The van der Waals surface area contributed by atoms with Crippen LogP contribution >= 0.6 is 0 Å². The number of phenolic OH excluding ortho intramolecular Hbond substituents is 1. The van der Waals surface area contributed by atoms with Crippen LogP contribution in [0.1, 0.15) is 64.9 Å². The Balaban J connectivity index is 1.19. The minimum atomic E-state index is -0.883. The second-order valence-corrected chi connectivity index (χ2v) is 12.8. The number of nitrogens with zero attached hydrogens (tertiary/aromatic N) is 1. The summed E-state index contributed by atoms with van der Waals surface area (Å²) in [5.74, 6) is 0.809. The van der Waals surface area contributed by atoms with Crippen LogP contribution in [0.15, 0.2) is 53.2 Å². The number of carbonyl (C=O) groups excluding carboxylic acids is 2. The predicted molar refractivity (Wildman–Crippen MR) is 151 cm³/mol. The third-order valence-electron chi connectivity index (χ3n) is 10.7. The topological polar surface area (TPSA) is 117 Å². The summed E-state index contributed by atoms with van der Waals surface area (Å²) in [5.41, 5.74) is 2.20. The molecule has 0 saturated heterocycles. The number of oxime groups is 1. The number of amides is 1. The van der Waals surface area contributed by atoms with E-state index < -0.39 is 23.5 Å².